The van der Waals surface area contributed by atoms with Gasteiger partial charge in [-0.1, -0.05) is 0 Å². The van der Waals surface area contributed by atoms with Crippen LogP contribution in [-0.2, 0) is 9.59 Å². The predicted octanol–water partition coefficient (Wildman–Crippen LogP) is 3.01. The van der Waals surface area contributed by atoms with Gasteiger partial charge in [-0.25, -0.2) is 4.79 Å². The molecule has 0 unspecified atom stereocenters. The van der Waals surface area contributed by atoms with Gasteiger partial charge in [-0.05, 0) is 48.9 Å². The zero-order valence-electron chi connectivity index (χ0n) is 15.0. The van der Waals surface area contributed by atoms with Gasteiger partial charge in [-0.15, -0.1) is 0 Å². The molecule has 1 fully saturated rings. The number of carbonyl (C=O) groups excluding carboxylic acids is 3. The molecule has 0 radical (unpaired) electrons. The Hall–Kier alpha value is -3.74. The highest BCUT2D eigenvalue weighted by Gasteiger charge is 2.30. The van der Waals surface area contributed by atoms with Crippen molar-refractivity contribution in [2.45, 2.75) is 19.8 Å². The van der Waals surface area contributed by atoms with Crippen LogP contribution in [0.3, 0.4) is 0 Å². The highest BCUT2D eigenvalue weighted by atomic mass is 16.4. The normalized spacial score (nSPS) is 14.0. The Balaban J connectivity index is 1.55. The van der Waals surface area contributed by atoms with E-state index in [0.29, 0.717) is 22.5 Å². The van der Waals surface area contributed by atoms with E-state index in [4.69, 9.17) is 4.42 Å². The summed E-state index contributed by atoms with van der Waals surface area (Å²) in [6.07, 6.45) is 0.414. The van der Waals surface area contributed by atoms with E-state index in [1.165, 1.54) is 6.07 Å². The Morgan fingerprint density at radius 3 is 2.32 bits per heavy atom. The van der Waals surface area contributed by atoms with Crippen LogP contribution in [0.25, 0.3) is 11.0 Å². The first kappa shape index (κ1) is 17.7. The van der Waals surface area contributed by atoms with Gasteiger partial charge in [0.05, 0.1) is 5.69 Å². The fourth-order valence-corrected chi connectivity index (χ4v) is 3.23. The summed E-state index contributed by atoms with van der Waals surface area (Å²) in [7, 11) is 0. The molecule has 1 N–H and O–H groups in total. The fourth-order valence-electron chi connectivity index (χ4n) is 3.23. The molecule has 1 aromatic heterocycles. The van der Waals surface area contributed by atoms with Crippen molar-refractivity contribution in [1.82, 2.24) is 0 Å². The van der Waals surface area contributed by atoms with E-state index < -0.39 is 5.63 Å². The van der Waals surface area contributed by atoms with Crippen LogP contribution >= 0.6 is 0 Å². The summed E-state index contributed by atoms with van der Waals surface area (Å²) < 4.78 is 5.19. The lowest BCUT2D eigenvalue weighted by atomic mass is 10.1. The smallest absolute Gasteiger partial charge is 0.336 e. The number of hydrogen-bond acceptors (Lipinski definition) is 5. The highest BCUT2D eigenvalue weighted by molar-refractivity contribution is 6.20. The van der Waals surface area contributed by atoms with Gasteiger partial charge < -0.3 is 9.73 Å². The Morgan fingerprint density at radius 1 is 0.964 bits per heavy atom. The van der Waals surface area contributed by atoms with E-state index in [-0.39, 0.29) is 30.6 Å². The molecule has 0 aliphatic carbocycles. The Bertz CT molecular complexity index is 1160. The molecule has 1 aliphatic heterocycles. The lowest BCUT2D eigenvalue weighted by molar-refractivity contribution is -0.121. The van der Waals surface area contributed by atoms with Gasteiger partial charge in [0, 0.05) is 41.6 Å². The van der Waals surface area contributed by atoms with Gasteiger partial charge in [-0.2, -0.15) is 0 Å². The molecule has 0 atom stereocenters. The molecule has 4 rings (SSSR count). The molecule has 0 bridgehead atoms. The van der Waals surface area contributed by atoms with Gasteiger partial charge in [-0.3, -0.25) is 19.3 Å². The van der Waals surface area contributed by atoms with E-state index in [1.807, 2.05) is 6.92 Å². The van der Waals surface area contributed by atoms with Crippen LogP contribution < -0.4 is 15.8 Å². The quantitative estimate of drug-likeness (QED) is 0.560. The van der Waals surface area contributed by atoms with E-state index in [2.05, 4.69) is 5.32 Å². The second-order valence-corrected chi connectivity index (χ2v) is 6.58. The van der Waals surface area contributed by atoms with Crippen molar-refractivity contribution < 1.29 is 18.8 Å². The van der Waals surface area contributed by atoms with Crippen LogP contribution in [0.1, 0.15) is 28.8 Å². The van der Waals surface area contributed by atoms with Crippen molar-refractivity contribution in [2.75, 3.05) is 10.2 Å². The number of nitrogens with one attached hydrogen (secondary N) is 1. The fraction of sp³-hybridized carbons (Fsp3) is 0.143. The molecule has 7 heteroatoms. The summed E-state index contributed by atoms with van der Waals surface area (Å²) in [5.74, 6) is -0.842. The molecule has 3 aromatic rings. The number of carbonyl (C=O) groups is 3. The molecule has 0 spiro atoms. The van der Waals surface area contributed by atoms with Gasteiger partial charge in [0.25, 0.3) is 5.91 Å². The van der Waals surface area contributed by atoms with Crippen molar-refractivity contribution >= 4 is 40.1 Å². The number of hydrogen-bond donors (Lipinski definition) is 1. The first-order valence-electron chi connectivity index (χ1n) is 8.74. The standard InChI is InChI=1S/C21H16N2O5/c1-12-10-20(26)28-17-11-14(4-7-16(12)17)22-21(27)13-2-5-15(6-3-13)23-18(24)8-9-19(23)25/h2-7,10-11H,8-9H2,1H3,(H,22,27). The van der Waals surface area contributed by atoms with E-state index in [1.54, 1.807) is 42.5 Å². The summed E-state index contributed by atoms with van der Waals surface area (Å²) >= 11 is 0. The van der Waals surface area contributed by atoms with Crippen LogP contribution in [-0.4, -0.2) is 17.7 Å². The molecule has 140 valence electrons. The van der Waals surface area contributed by atoms with Crippen molar-refractivity contribution in [3.63, 3.8) is 0 Å². The first-order valence-corrected chi connectivity index (χ1v) is 8.74. The maximum absolute atomic E-state index is 12.5. The van der Waals surface area contributed by atoms with E-state index >= 15 is 0 Å². The third-order valence-corrected chi connectivity index (χ3v) is 4.65. The van der Waals surface area contributed by atoms with Crippen LogP contribution in [0.4, 0.5) is 11.4 Å². The second-order valence-electron chi connectivity index (χ2n) is 6.58. The number of rotatable bonds is 3. The predicted molar refractivity (Wildman–Crippen MR) is 103 cm³/mol. The lowest BCUT2D eigenvalue weighted by Gasteiger charge is -2.14. The topological polar surface area (TPSA) is 96.7 Å². The monoisotopic (exact) mass is 376 g/mol. The molecular weight excluding hydrogens is 360 g/mol. The number of anilines is 2. The number of nitrogens with zero attached hydrogens (tertiary/aromatic N) is 1. The Kier molecular flexibility index (Phi) is 4.27. The summed E-state index contributed by atoms with van der Waals surface area (Å²) in [6.45, 7) is 1.81. The van der Waals surface area contributed by atoms with E-state index in [9.17, 15) is 19.2 Å². The minimum Gasteiger partial charge on any atom is -0.423 e. The van der Waals surface area contributed by atoms with Crippen molar-refractivity contribution in [3.8, 4) is 0 Å². The minimum atomic E-state index is -0.449. The average molecular weight is 376 g/mol. The molecule has 2 aromatic carbocycles. The van der Waals surface area contributed by atoms with Crippen LogP contribution in [0.2, 0.25) is 0 Å². The number of amides is 3. The molecule has 28 heavy (non-hydrogen) atoms. The summed E-state index contributed by atoms with van der Waals surface area (Å²) in [6, 6.07) is 12.7. The van der Waals surface area contributed by atoms with E-state index in [0.717, 1.165) is 15.8 Å². The van der Waals surface area contributed by atoms with Crippen molar-refractivity contribution in [2.24, 2.45) is 0 Å². The molecule has 2 heterocycles. The third kappa shape index (κ3) is 3.18. The van der Waals surface area contributed by atoms with Gasteiger partial charge in [0.15, 0.2) is 0 Å². The van der Waals surface area contributed by atoms with Gasteiger partial charge in [0.1, 0.15) is 5.58 Å². The molecule has 1 aliphatic rings. The Morgan fingerprint density at radius 2 is 1.64 bits per heavy atom. The SMILES string of the molecule is Cc1cc(=O)oc2cc(NC(=O)c3ccc(N4C(=O)CCC4=O)cc3)ccc12. The van der Waals surface area contributed by atoms with Crippen molar-refractivity contribution in [3.05, 3.63) is 70.1 Å². The van der Waals surface area contributed by atoms with Gasteiger partial charge >= 0.3 is 5.63 Å². The van der Waals surface area contributed by atoms with Crippen molar-refractivity contribution in [1.29, 1.82) is 0 Å². The number of benzene rings is 2. The summed E-state index contributed by atoms with van der Waals surface area (Å²) in [5.41, 5.74) is 2.05. The molecule has 3 amide bonds. The average Bonchev–Trinajstić information content (AvgIpc) is 2.99. The number of fused-ring (bicyclic) bond motifs is 1. The first-order chi connectivity index (χ1) is 13.4. The highest BCUT2D eigenvalue weighted by Crippen LogP contribution is 2.24. The van der Waals surface area contributed by atoms with Crippen LogP contribution in [0.15, 0.2) is 57.7 Å². The van der Waals surface area contributed by atoms with Crippen LogP contribution in [0.5, 0.6) is 0 Å². The maximum atomic E-state index is 12.5. The number of imide groups is 1. The third-order valence-electron chi connectivity index (χ3n) is 4.65. The zero-order valence-corrected chi connectivity index (χ0v) is 15.0. The summed E-state index contributed by atoms with van der Waals surface area (Å²) in [4.78, 5) is 48.8. The van der Waals surface area contributed by atoms with Crippen LogP contribution in [0, 0.1) is 6.92 Å². The summed E-state index contributed by atoms with van der Waals surface area (Å²) in [5, 5.41) is 3.54. The largest absolute Gasteiger partial charge is 0.423 e. The maximum Gasteiger partial charge on any atom is 0.336 e. The zero-order chi connectivity index (χ0) is 19.8. The Labute approximate surface area is 159 Å². The lowest BCUT2D eigenvalue weighted by Crippen LogP contribution is -2.28. The number of aryl methyl sites for hydroxylation is 1. The molecular formula is C21H16N2O5. The second kappa shape index (κ2) is 6.77. The molecule has 0 saturated carbocycles. The molecule has 7 nitrogen and oxygen atoms in total. The van der Waals surface area contributed by atoms with Gasteiger partial charge in [0.2, 0.25) is 11.8 Å². The molecule has 1 saturated heterocycles. The minimum absolute atomic E-state index is 0.207.